The lowest BCUT2D eigenvalue weighted by Crippen LogP contribution is -2.67. The molecular weight excluding hydrogens is 512 g/mol. The predicted molar refractivity (Wildman–Crippen MR) is 154 cm³/mol. The highest BCUT2D eigenvalue weighted by atomic mass is 28.4. The minimum atomic E-state index is -2.90. The topological polar surface area (TPSA) is 109 Å². The van der Waals surface area contributed by atoms with Crippen LogP contribution in [0.1, 0.15) is 33.9 Å². The van der Waals surface area contributed by atoms with Crippen molar-refractivity contribution in [3.8, 4) is 0 Å². The van der Waals surface area contributed by atoms with Crippen LogP contribution in [0.15, 0.2) is 82.7 Å². The molecule has 0 aliphatic carbocycles. The second-order valence-corrected chi connectivity index (χ2v) is 15.7. The first-order valence-corrected chi connectivity index (χ1v) is 14.9. The van der Waals surface area contributed by atoms with Crippen molar-refractivity contribution >= 4 is 30.8 Å². The van der Waals surface area contributed by atoms with Crippen LogP contribution in [0.5, 0.6) is 0 Å². The molecule has 4 atom stereocenters. The van der Waals surface area contributed by atoms with Crippen LogP contribution < -0.4 is 16.1 Å². The van der Waals surface area contributed by atoms with Gasteiger partial charge in [0.2, 0.25) is 0 Å². The maximum atomic E-state index is 12.9. The summed E-state index contributed by atoms with van der Waals surface area (Å²) < 4.78 is 14.2. The molecule has 1 fully saturated rings. The third-order valence-corrected chi connectivity index (χ3v) is 12.1. The Balaban J connectivity index is 1.66. The van der Waals surface area contributed by atoms with Crippen LogP contribution in [-0.4, -0.2) is 77.8 Å². The van der Waals surface area contributed by atoms with Crippen molar-refractivity contribution in [2.75, 3.05) is 20.7 Å². The van der Waals surface area contributed by atoms with E-state index in [1.165, 1.54) is 24.0 Å². The van der Waals surface area contributed by atoms with Gasteiger partial charge in [-0.15, -0.1) is 0 Å². The average molecular weight is 551 g/mol. The largest absolute Gasteiger partial charge is 0.405 e. The highest BCUT2D eigenvalue weighted by Gasteiger charge is 2.56. The zero-order chi connectivity index (χ0) is 28.4. The van der Waals surface area contributed by atoms with Gasteiger partial charge in [-0.1, -0.05) is 81.4 Å². The number of aliphatic hydroxyl groups is 2. The molecule has 2 heterocycles. The fourth-order valence-electron chi connectivity index (χ4n) is 5.18. The van der Waals surface area contributed by atoms with Crippen LogP contribution in [0.3, 0.4) is 0 Å². The molecule has 0 radical (unpaired) electrons. The lowest BCUT2D eigenvalue weighted by Gasteiger charge is -2.43. The Hall–Kier alpha value is -3.15. The number of hydrogen-bond donors (Lipinski definition) is 2. The number of rotatable bonds is 8. The summed E-state index contributed by atoms with van der Waals surface area (Å²) in [5, 5.41) is 24.4. The van der Waals surface area contributed by atoms with Gasteiger partial charge in [0.15, 0.2) is 12.0 Å². The summed E-state index contributed by atoms with van der Waals surface area (Å²) >= 11 is 0. The molecule has 1 aliphatic heterocycles. The van der Waals surface area contributed by atoms with Crippen molar-refractivity contribution < 1.29 is 19.4 Å². The quantitative estimate of drug-likeness (QED) is 0.251. The Morgan fingerprint density at radius 2 is 1.67 bits per heavy atom. The van der Waals surface area contributed by atoms with E-state index in [-0.39, 0.29) is 17.5 Å². The summed E-state index contributed by atoms with van der Waals surface area (Å²) in [6.07, 6.45) is -0.346. The van der Waals surface area contributed by atoms with Crippen molar-refractivity contribution in [2.45, 2.75) is 56.8 Å². The molecule has 10 heteroatoms. The molecule has 4 rings (SSSR count). The Bertz CT molecular complexity index is 1300. The van der Waals surface area contributed by atoms with E-state index in [1.807, 2.05) is 50.5 Å². The molecule has 1 unspecified atom stereocenters. The van der Waals surface area contributed by atoms with Gasteiger partial charge in [-0.2, -0.15) is 4.98 Å². The van der Waals surface area contributed by atoms with E-state index in [9.17, 15) is 15.0 Å². The zero-order valence-electron chi connectivity index (χ0n) is 23.4. The summed E-state index contributed by atoms with van der Waals surface area (Å²) in [7, 11) is 0.716. The van der Waals surface area contributed by atoms with Crippen LogP contribution in [-0.2, 0) is 9.16 Å². The molecular formula is C29H38N4O5Si. The van der Waals surface area contributed by atoms with Crippen molar-refractivity contribution in [1.82, 2.24) is 14.5 Å². The van der Waals surface area contributed by atoms with Gasteiger partial charge < -0.3 is 24.3 Å². The minimum Gasteiger partial charge on any atom is -0.405 e. The van der Waals surface area contributed by atoms with Gasteiger partial charge in [-0.05, 0) is 28.4 Å². The number of aliphatic imine (C=N–C) groups is 1. The molecule has 0 spiro atoms. The van der Waals surface area contributed by atoms with Crippen molar-refractivity contribution in [3.63, 3.8) is 0 Å². The highest BCUT2D eigenvalue weighted by Crippen LogP contribution is 2.40. The number of hydrogen-bond acceptors (Lipinski definition) is 7. The van der Waals surface area contributed by atoms with E-state index in [1.54, 1.807) is 11.0 Å². The number of benzene rings is 2. The monoisotopic (exact) mass is 550 g/mol. The molecule has 39 heavy (non-hydrogen) atoms. The Morgan fingerprint density at radius 3 is 2.15 bits per heavy atom. The molecule has 1 aliphatic rings. The van der Waals surface area contributed by atoms with Crippen LogP contribution >= 0.6 is 0 Å². The second-order valence-electron chi connectivity index (χ2n) is 11.4. The number of aliphatic hydroxyl groups excluding tert-OH is 1. The van der Waals surface area contributed by atoms with E-state index in [0.717, 1.165) is 10.4 Å². The molecule has 2 aromatic carbocycles. The maximum Gasteiger partial charge on any atom is 0.351 e. The maximum absolute atomic E-state index is 12.9. The number of nitrogens with zero attached hydrogens (tertiary/aromatic N) is 4. The standard InChI is InChI=1S/C29H38N4O5Si/c1-28(2,3)39(21-13-9-7-10-14-21,22-15-11-8-12-16-22)37-19-23-25(34)29(4,36)26(38-23)33-18-17-24(31-27(33)35)30-20-32(5)6/h7-18,20,23,25-26,34,36H,19H2,1-6H3/t23-,25?,26+,29+/m1/s1. The third kappa shape index (κ3) is 5.61. The lowest BCUT2D eigenvalue weighted by molar-refractivity contribution is -0.0984. The molecule has 0 amide bonds. The van der Waals surface area contributed by atoms with E-state index in [4.69, 9.17) is 9.16 Å². The van der Waals surface area contributed by atoms with Crippen molar-refractivity contribution in [2.24, 2.45) is 4.99 Å². The minimum absolute atomic E-state index is 0.0223. The first-order valence-electron chi connectivity index (χ1n) is 13.0. The SMILES string of the molecule is CN(C)C=Nc1ccn([C@H]2O[C@H](CO[Si](c3ccccc3)(c3ccccc3)C(C)(C)C)C(O)[C@]2(C)O)c(=O)n1. The second kappa shape index (κ2) is 11.1. The Labute approximate surface area is 230 Å². The summed E-state index contributed by atoms with van der Waals surface area (Å²) in [5.74, 6) is 0.231. The molecule has 2 N–H and O–H groups in total. The molecule has 1 aromatic heterocycles. The zero-order valence-corrected chi connectivity index (χ0v) is 24.4. The van der Waals surface area contributed by atoms with E-state index in [2.05, 4.69) is 55.0 Å². The van der Waals surface area contributed by atoms with Crippen LogP contribution in [0.4, 0.5) is 5.82 Å². The number of aromatic nitrogens is 2. The van der Waals surface area contributed by atoms with Crippen molar-refractivity contribution in [1.29, 1.82) is 0 Å². The summed E-state index contributed by atoms with van der Waals surface area (Å²) in [6, 6.07) is 21.9. The van der Waals surface area contributed by atoms with Gasteiger partial charge in [0, 0.05) is 20.3 Å². The molecule has 208 valence electrons. The summed E-state index contributed by atoms with van der Waals surface area (Å²) in [4.78, 5) is 22.7. The van der Waals surface area contributed by atoms with Gasteiger partial charge >= 0.3 is 5.69 Å². The van der Waals surface area contributed by atoms with Gasteiger partial charge in [-0.3, -0.25) is 4.57 Å². The first-order chi connectivity index (χ1) is 18.4. The normalized spacial score (nSPS) is 23.8. The molecule has 0 bridgehead atoms. The first kappa shape index (κ1) is 28.8. The van der Waals surface area contributed by atoms with Crippen molar-refractivity contribution in [3.05, 3.63) is 83.4 Å². The smallest absolute Gasteiger partial charge is 0.351 e. The Kier molecular flexibility index (Phi) is 8.24. The molecule has 0 saturated carbocycles. The van der Waals surface area contributed by atoms with E-state index in [0.29, 0.717) is 0 Å². The van der Waals surface area contributed by atoms with Gasteiger partial charge in [-0.25, -0.2) is 9.79 Å². The van der Waals surface area contributed by atoms with E-state index >= 15 is 0 Å². The van der Waals surface area contributed by atoms with E-state index < -0.39 is 38.0 Å². The highest BCUT2D eigenvalue weighted by molar-refractivity contribution is 6.99. The Morgan fingerprint density at radius 1 is 1.10 bits per heavy atom. The average Bonchev–Trinajstić information content (AvgIpc) is 3.12. The summed E-state index contributed by atoms with van der Waals surface area (Å²) in [6.45, 7) is 7.96. The van der Waals surface area contributed by atoms with Crippen LogP contribution in [0.2, 0.25) is 5.04 Å². The summed E-state index contributed by atoms with van der Waals surface area (Å²) in [5.41, 5.74) is -2.41. The molecule has 1 saturated heterocycles. The van der Waals surface area contributed by atoms with Gasteiger partial charge in [0.1, 0.15) is 17.8 Å². The van der Waals surface area contributed by atoms with Crippen LogP contribution in [0.25, 0.3) is 0 Å². The molecule has 9 nitrogen and oxygen atoms in total. The van der Waals surface area contributed by atoms with Gasteiger partial charge in [0.05, 0.1) is 12.9 Å². The number of ether oxygens (including phenoxy) is 1. The lowest BCUT2D eigenvalue weighted by atomic mass is 9.96. The fourth-order valence-corrected chi connectivity index (χ4v) is 9.74. The van der Waals surface area contributed by atoms with Crippen LogP contribution in [0, 0.1) is 0 Å². The fraction of sp³-hybridized carbons (Fsp3) is 0.414. The molecule has 3 aromatic rings. The third-order valence-electron chi connectivity index (χ3n) is 7.12. The van der Waals surface area contributed by atoms with Gasteiger partial charge in [0.25, 0.3) is 8.32 Å². The predicted octanol–water partition coefficient (Wildman–Crippen LogP) is 2.05.